The van der Waals surface area contributed by atoms with E-state index in [9.17, 15) is 0 Å². The van der Waals surface area contributed by atoms with Crippen LogP contribution in [0.3, 0.4) is 0 Å². The molecule has 0 spiro atoms. The molecule has 5 rings (SSSR count). The van der Waals surface area contributed by atoms with Crippen molar-refractivity contribution < 1.29 is 0 Å². The number of hydrogen-bond donors (Lipinski definition) is 0. The molecule has 0 saturated heterocycles. The van der Waals surface area contributed by atoms with Gasteiger partial charge in [-0.05, 0) is 47.1 Å². The zero-order valence-electron chi connectivity index (χ0n) is 18.1. The summed E-state index contributed by atoms with van der Waals surface area (Å²) in [7, 11) is 6.11. The maximum atomic E-state index is 2.51. The van der Waals surface area contributed by atoms with E-state index < -0.39 is 8.00 Å². The van der Waals surface area contributed by atoms with Gasteiger partial charge in [-0.3, -0.25) is 0 Å². The van der Waals surface area contributed by atoms with Crippen LogP contribution in [-0.4, -0.2) is 22.3 Å². The van der Waals surface area contributed by atoms with Crippen molar-refractivity contribution in [2.45, 2.75) is 13.3 Å². The predicted molar refractivity (Wildman–Crippen MR) is 134 cm³/mol. The standard InChI is InChI=1S/C26H28N3P/c1-5-18-27(2)30-28(3)23-16-14-19-10-6-8-12-21(19)25(23)26-22-13-9-7-11-20(22)15-17-24(26)29(30)4/h6-17H,5,18H2,1-4H3. The van der Waals surface area contributed by atoms with Crippen LogP contribution in [0, 0.1) is 0 Å². The minimum atomic E-state index is -0.672. The van der Waals surface area contributed by atoms with Gasteiger partial charge in [-0.15, -0.1) is 0 Å². The number of nitrogens with zero attached hydrogens (tertiary/aromatic N) is 3. The molecule has 0 unspecified atom stereocenters. The SMILES string of the molecule is CCCN(C)p1n(C)c2ccc3ccccc3c2c2c3ccccc3ccc2n1C. The smallest absolute Gasteiger partial charge is 0.106 e. The fraction of sp³-hybridized carbons (Fsp3) is 0.231. The van der Waals surface area contributed by atoms with Crippen LogP contribution >= 0.6 is 8.00 Å². The van der Waals surface area contributed by atoms with Crippen LogP contribution in [-0.2, 0) is 14.1 Å². The van der Waals surface area contributed by atoms with Gasteiger partial charge < -0.3 is 8.66 Å². The molecule has 0 N–H and O–H groups in total. The molecule has 0 atom stereocenters. The van der Waals surface area contributed by atoms with Crippen molar-refractivity contribution in [2.24, 2.45) is 14.1 Å². The van der Waals surface area contributed by atoms with Crippen LogP contribution < -0.4 is 4.67 Å². The lowest BCUT2D eigenvalue weighted by Crippen LogP contribution is -2.19. The van der Waals surface area contributed by atoms with Gasteiger partial charge in [0.15, 0.2) is 0 Å². The molecule has 4 aromatic carbocycles. The van der Waals surface area contributed by atoms with E-state index in [1.165, 1.54) is 43.4 Å². The van der Waals surface area contributed by atoms with Gasteiger partial charge in [0.1, 0.15) is 8.00 Å². The van der Waals surface area contributed by atoms with Gasteiger partial charge in [-0.25, -0.2) is 4.67 Å². The van der Waals surface area contributed by atoms with E-state index in [-0.39, 0.29) is 0 Å². The van der Waals surface area contributed by atoms with Crippen LogP contribution in [0.15, 0.2) is 72.8 Å². The number of rotatable bonds is 3. The monoisotopic (exact) mass is 413 g/mol. The van der Waals surface area contributed by atoms with Crippen molar-refractivity contribution in [3.8, 4) is 0 Å². The third-order valence-electron chi connectivity index (χ3n) is 6.15. The Labute approximate surface area is 178 Å². The number of fused-ring (bicyclic) bond motifs is 7. The molecule has 5 aromatic rings. The Morgan fingerprint density at radius 1 is 0.700 bits per heavy atom. The summed E-state index contributed by atoms with van der Waals surface area (Å²) in [6.45, 7) is 3.33. The van der Waals surface area contributed by atoms with Gasteiger partial charge in [0.05, 0.1) is 11.0 Å². The van der Waals surface area contributed by atoms with Crippen LogP contribution in [0.25, 0.3) is 43.4 Å². The fourth-order valence-corrected chi connectivity index (χ4v) is 7.27. The second-order valence-electron chi connectivity index (χ2n) is 8.06. The summed E-state index contributed by atoms with van der Waals surface area (Å²) in [5.41, 5.74) is 2.62. The van der Waals surface area contributed by atoms with Crippen molar-refractivity contribution in [1.82, 2.24) is 8.66 Å². The third-order valence-corrected chi connectivity index (χ3v) is 8.47. The summed E-state index contributed by atoms with van der Waals surface area (Å²) in [5, 5.41) is 7.93. The highest BCUT2D eigenvalue weighted by Gasteiger charge is 2.15. The summed E-state index contributed by atoms with van der Waals surface area (Å²) < 4.78 is 7.52. The minimum Gasteiger partial charge on any atom is -0.309 e. The zero-order chi connectivity index (χ0) is 20.8. The Bertz CT molecular complexity index is 1350. The lowest BCUT2D eigenvalue weighted by Gasteiger charge is -2.22. The number of aryl methyl sites for hydroxylation is 2. The molecule has 0 bridgehead atoms. The molecule has 0 aliphatic rings. The average molecular weight is 414 g/mol. The van der Waals surface area contributed by atoms with Crippen molar-refractivity contribution in [3.63, 3.8) is 0 Å². The van der Waals surface area contributed by atoms with Gasteiger partial charge in [-0.1, -0.05) is 67.6 Å². The Morgan fingerprint density at radius 2 is 1.17 bits per heavy atom. The summed E-state index contributed by atoms with van der Waals surface area (Å²) in [6.07, 6.45) is 1.15. The molecule has 0 fully saturated rings. The van der Waals surface area contributed by atoms with Gasteiger partial charge in [0.2, 0.25) is 0 Å². The maximum absolute atomic E-state index is 2.51. The zero-order valence-corrected chi connectivity index (χ0v) is 19.0. The Hall–Kier alpha value is -2.74. The predicted octanol–water partition coefficient (Wildman–Crippen LogP) is 7.07. The normalized spacial score (nSPS) is 11.9. The third kappa shape index (κ3) is 2.85. The van der Waals surface area contributed by atoms with E-state index in [1.807, 2.05) is 0 Å². The lowest BCUT2D eigenvalue weighted by atomic mass is 9.98. The second-order valence-corrected chi connectivity index (χ2v) is 10.5. The number of benzene rings is 4. The fourth-order valence-electron chi connectivity index (χ4n) is 4.85. The molecular formula is C26H28N3P. The van der Waals surface area contributed by atoms with Crippen LogP contribution in [0.1, 0.15) is 13.3 Å². The van der Waals surface area contributed by atoms with Gasteiger partial charge >= 0.3 is 0 Å². The summed E-state index contributed by atoms with van der Waals surface area (Å²) >= 11 is 0. The van der Waals surface area contributed by atoms with E-state index in [0.29, 0.717) is 0 Å². The van der Waals surface area contributed by atoms with Crippen molar-refractivity contribution in [1.29, 1.82) is 0 Å². The first-order chi connectivity index (χ1) is 14.6. The van der Waals surface area contributed by atoms with E-state index in [4.69, 9.17) is 0 Å². The summed E-state index contributed by atoms with van der Waals surface area (Å²) in [5.74, 6) is 0. The molecule has 152 valence electrons. The van der Waals surface area contributed by atoms with E-state index in [2.05, 4.69) is 114 Å². The van der Waals surface area contributed by atoms with E-state index >= 15 is 0 Å². The Morgan fingerprint density at radius 3 is 1.63 bits per heavy atom. The molecule has 1 heterocycles. The average Bonchev–Trinajstić information content (AvgIpc) is 2.86. The molecule has 30 heavy (non-hydrogen) atoms. The van der Waals surface area contributed by atoms with Crippen LogP contribution in [0.5, 0.6) is 0 Å². The molecule has 0 radical (unpaired) electrons. The van der Waals surface area contributed by atoms with Gasteiger partial charge in [-0.2, -0.15) is 0 Å². The second kappa shape index (κ2) is 7.50. The van der Waals surface area contributed by atoms with Gasteiger partial charge in [0.25, 0.3) is 0 Å². The van der Waals surface area contributed by atoms with Crippen molar-refractivity contribution in [3.05, 3.63) is 72.8 Å². The first kappa shape index (κ1) is 19.2. The molecule has 3 nitrogen and oxygen atoms in total. The Balaban J connectivity index is 2.16. The largest absolute Gasteiger partial charge is 0.309 e. The van der Waals surface area contributed by atoms with E-state index in [0.717, 1.165) is 13.0 Å². The van der Waals surface area contributed by atoms with Crippen LogP contribution in [0.4, 0.5) is 0 Å². The first-order valence-corrected chi connectivity index (χ1v) is 11.8. The highest BCUT2D eigenvalue weighted by atomic mass is 31.1. The molecule has 4 heteroatoms. The minimum absolute atomic E-state index is 0.672. The first-order valence-electron chi connectivity index (χ1n) is 10.6. The molecule has 0 amide bonds. The topological polar surface area (TPSA) is 13.1 Å². The maximum Gasteiger partial charge on any atom is 0.106 e. The molecule has 0 saturated carbocycles. The molecule has 0 aliphatic heterocycles. The highest BCUT2D eigenvalue weighted by molar-refractivity contribution is 7.44. The lowest BCUT2D eigenvalue weighted by molar-refractivity contribution is 0.870. The molecule has 0 aliphatic carbocycles. The summed E-state index contributed by atoms with van der Waals surface area (Å²) in [4.78, 5) is 0. The molecular weight excluding hydrogens is 385 g/mol. The van der Waals surface area contributed by atoms with Crippen molar-refractivity contribution in [2.75, 3.05) is 18.3 Å². The highest BCUT2D eigenvalue weighted by Crippen LogP contribution is 2.40. The quantitative estimate of drug-likeness (QED) is 0.308. The Kier molecular flexibility index (Phi) is 4.81. The van der Waals surface area contributed by atoms with Crippen LogP contribution in [0.2, 0.25) is 0 Å². The summed E-state index contributed by atoms with van der Waals surface area (Å²) in [6, 6.07) is 26.8. The molecule has 1 aromatic heterocycles. The number of aromatic nitrogens is 2. The number of hydrogen-bond acceptors (Lipinski definition) is 1. The van der Waals surface area contributed by atoms with Crippen molar-refractivity contribution >= 4 is 51.4 Å². The van der Waals surface area contributed by atoms with E-state index in [1.54, 1.807) is 0 Å². The van der Waals surface area contributed by atoms with Gasteiger partial charge in [0, 0.05) is 31.4 Å².